The Balaban J connectivity index is 1.32. The minimum atomic E-state index is 0.297. The summed E-state index contributed by atoms with van der Waals surface area (Å²) in [5.41, 5.74) is 6.10. The van der Waals surface area contributed by atoms with Crippen LogP contribution >= 0.6 is 0 Å². The van der Waals surface area contributed by atoms with Crippen LogP contribution < -0.4 is 19.8 Å². The lowest BCUT2D eigenvalue weighted by molar-refractivity contribution is 0.295. The van der Waals surface area contributed by atoms with Crippen molar-refractivity contribution in [2.24, 2.45) is 5.10 Å². The van der Waals surface area contributed by atoms with Gasteiger partial charge in [-0.25, -0.2) is 5.43 Å². The summed E-state index contributed by atoms with van der Waals surface area (Å²) in [6, 6.07) is 16.4. The highest BCUT2D eigenvalue weighted by molar-refractivity contribution is 5.99. The number of hydrogen-bond donors (Lipinski definition) is 2. The largest absolute Gasteiger partial charge is 0.497 e. The van der Waals surface area contributed by atoms with Gasteiger partial charge >= 0.3 is 6.01 Å². The van der Waals surface area contributed by atoms with E-state index in [1.165, 1.54) is 12.0 Å². The number of anilines is 2. The van der Waals surface area contributed by atoms with E-state index in [4.69, 9.17) is 9.47 Å². The maximum atomic E-state index is 5.92. The van der Waals surface area contributed by atoms with Crippen LogP contribution in [0.15, 0.2) is 59.8 Å². The third-order valence-electron chi connectivity index (χ3n) is 6.00. The maximum absolute atomic E-state index is 5.92. The zero-order valence-corrected chi connectivity index (χ0v) is 19.8. The normalized spacial score (nSPS) is 13.9. The second-order valence-electron chi connectivity index (χ2n) is 8.40. The minimum absolute atomic E-state index is 0.297. The molecule has 3 heterocycles. The molecular formula is C26H29N7O2. The van der Waals surface area contributed by atoms with Gasteiger partial charge in [0, 0.05) is 42.2 Å². The van der Waals surface area contributed by atoms with Gasteiger partial charge in [0.2, 0.25) is 5.95 Å². The standard InChI is InChI=1S/C26H29N7O2/c1-34-21-10-11-23-22(16-21)20(17-27-23)18-28-32-24-29-25(33-13-6-3-7-14-33)31-26(30-24)35-15-12-19-8-4-2-5-9-19/h2,4-5,8-11,16-18,27H,3,6-7,12-15H2,1H3,(H,29,30,31,32)/b28-18+. The topological polar surface area (TPSA) is 101 Å². The van der Waals surface area contributed by atoms with E-state index in [0.29, 0.717) is 24.5 Å². The zero-order valence-electron chi connectivity index (χ0n) is 19.8. The number of methoxy groups -OCH3 is 1. The first kappa shape index (κ1) is 22.6. The highest BCUT2D eigenvalue weighted by atomic mass is 16.5. The Morgan fingerprint density at radius 1 is 1.06 bits per heavy atom. The number of rotatable bonds is 9. The second-order valence-corrected chi connectivity index (χ2v) is 8.40. The molecule has 2 N–H and O–H groups in total. The summed E-state index contributed by atoms with van der Waals surface area (Å²) >= 11 is 0. The van der Waals surface area contributed by atoms with E-state index in [2.05, 4.69) is 47.5 Å². The molecule has 0 unspecified atom stereocenters. The van der Waals surface area contributed by atoms with Gasteiger partial charge in [-0.15, -0.1) is 0 Å². The van der Waals surface area contributed by atoms with Gasteiger partial charge in [-0.2, -0.15) is 20.1 Å². The first-order valence-electron chi connectivity index (χ1n) is 11.9. The molecular weight excluding hydrogens is 442 g/mol. The molecule has 35 heavy (non-hydrogen) atoms. The smallest absolute Gasteiger partial charge is 0.323 e. The van der Waals surface area contributed by atoms with Gasteiger partial charge in [0.1, 0.15) is 5.75 Å². The van der Waals surface area contributed by atoms with Crippen molar-refractivity contribution in [2.45, 2.75) is 25.7 Å². The molecule has 4 aromatic rings. The summed E-state index contributed by atoms with van der Waals surface area (Å²) in [5, 5.41) is 5.40. The number of nitrogens with zero attached hydrogens (tertiary/aromatic N) is 5. The lowest BCUT2D eigenvalue weighted by Crippen LogP contribution is -2.31. The number of H-pyrrole nitrogens is 1. The van der Waals surface area contributed by atoms with Crippen molar-refractivity contribution in [3.8, 4) is 11.8 Å². The molecule has 9 nitrogen and oxygen atoms in total. The molecule has 2 aromatic carbocycles. The van der Waals surface area contributed by atoms with Crippen LogP contribution in [-0.2, 0) is 6.42 Å². The number of nitrogens with one attached hydrogen (secondary N) is 2. The van der Waals surface area contributed by atoms with Gasteiger partial charge in [0.05, 0.1) is 19.9 Å². The molecule has 0 spiro atoms. The van der Waals surface area contributed by atoms with Crippen LogP contribution in [0.2, 0.25) is 0 Å². The third kappa shape index (κ3) is 5.68. The van der Waals surface area contributed by atoms with E-state index in [9.17, 15) is 0 Å². The molecule has 0 atom stereocenters. The number of ether oxygens (including phenoxy) is 2. The van der Waals surface area contributed by atoms with E-state index in [1.807, 2.05) is 42.6 Å². The third-order valence-corrected chi connectivity index (χ3v) is 6.00. The molecule has 2 aromatic heterocycles. The van der Waals surface area contributed by atoms with Crippen LogP contribution in [0, 0.1) is 0 Å². The van der Waals surface area contributed by atoms with Gasteiger partial charge in [-0.05, 0) is 43.0 Å². The molecule has 1 aliphatic rings. The number of hydrazone groups is 1. The molecule has 1 fully saturated rings. The molecule has 0 saturated carbocycles. The summed E-state index contributed by atoms with van der Waals surface area (Å²) in [7, 11) is 1.66. The fourth-order valence-electron chi connectivity index (χ4n) is 4.12. The Morgan fingerprint density at radius 2 is 1.91 bits per heavy atom. The predicted octanol–water partition coefficient (Wildman–Crippen LogP) is 4.42. The molecule has 0 amide bonds. The van der Waals surface area contributed by atoms with Gasteiger partial charge < -0.3 is 19.4 Å². The number of aromatic amines is 1. The highest BCUT2D eigenvalue weighted by Gasteiger charge is 2.17. The van der Waals surface area contributed by atoms with Crippen molar-refractivity contribution in [3.05, 3.63) is 65.9 Å². The summed E-state index contributed by atoms with van der Waals surface area (Å²) < 4.78 is 11.3. The molecule has 0 aliphatic carbocycles. The number of hydrogen-bond acceptors (Lipinski definition) is 8. The van der Waals surface area contributed by atoms with Crippen molar-refractivity contribution < 1.29 is 9.47 Å². The fourth-order valence-corrected chi connectivity index (χ4v) is 4.12. The summed E-state index contributed by atoms with van der Waals surface area (Å²) in [6.45, 7) is 2.33. The van der Waals surface area contributed by atoms with Crippen molar-refractivity contribution in [1.82, 2.24) is 19.9 Å². The van der Waals surface area contributed by atoms with Crippen molar-refractivity contribution in [3.63, 3.8) is 0 Å². The average molecular weight is 472 g/mol. The Bertz CT molecular complexity index is 1280. The van der Waals surface area contributed by atoms with Gasteiger partial charge in [-0.3, -0.25) is 0 Å². The van der Waals surface area contributed by atoms with Crippen molar-refractivity contribution >= 4 is 29.0 Å². The molecule has 9 heteroatoms. The lowest BCUT2D eigenvalue weighted by Gasteiger charge is -2.26. The quantitative estimate of drug-likeness (QED) is 0.275. The molecule has 1 saturated heterocycles. The monoisotopic (exact) mass is 471 g/mol. The van der Waals surface area contributed by atoms with E-state index >= 15 is 0 Å². The number of piperidine rings is 1. The highest BCUT2D eigenvalue weighted by Crippen LogP contribution is 2.23. The SMILES string of the molecule is COc1ccc2[nH]cc(/C=N/Nc3nc(OCCc4ccccc4)nc(N4CCCCC4)n3)c2c1. The fraction of sp³-hybridized carbons (Fsp3) is 0.308. The van der Waals surface area contributed by atoms with Gasteiger partial charge in [0.15, 0.2) is 0 Å². The minimum Gasteiger partial charge on any atom is -0.497 e. The lowest BCUT2D eigenvalue weighted by atomic mass is 10.1. The zero-order chi connectivity index (χ0) is 23.9. The van der Waals surface area contributed by atoms with Crippen LogP contribution in [0.4, 0.5) is 11.9 Å². The molecule has 5 rings (SSSR count). The average Bonchev–Trinajstić information content (AvgIpc) is 3.32. The Morgan fingerprint density at radius 3 is 2.74 bits per heavy atom. The van der Waals surface area contributed by atoms with E-state index < -0.39 is 0 Å². The first-order chi connectivity index (χ1) is 17.3. The van der Waals surface area contributed by atoms with Gasteiger partial charge in [-0.1, -0.05) is 30.3 Å². The van der Waals surface area contributed by atoms with E-state index in [1.54, 1.807) is 13.3 Å². The molecule has 0 bridgehead atoms. The first-order valence-corrected chi connectivity index (χ1v) is 11.9. The van der Waals surface area contributed by atoms with Crippen LogP contribution in [-0.4, -0.2) is 53.0 Å². The summed E-state index contributed by atoms with van der Waals surface area (Å²) in [6.07, 6.45) is 7.89. The van der Waals surface area contributed by atoms with E-state index in [-0.39, 0.29) is 0 Å². The number of aromatic nitrogens is 4. The van der Waals surface area contributed by atoms with Crippen molar-refractivity contribution in [2.75, 3.05) is 37.1 Å². The molecule has 180 valence electrons. The molecule has 0 radical (unpaired) electrons. The van der Waals surface area contributed by atoms with Gasteiger partial charge in [0.25, 0.3) is 5.95 Å². The predicted molar refractivity (Wildman–Crippen MR) is 138 cm³/mol. The second kappa shape index (κ2) is 10.9. The molecule has 1 aliphatic heterocycles. The number of fused-ring (bicyclic) bond motifs is 1. The van der Waals surface area contributed by atoms with Crippen molar-refractivity contribution in [1.29, 1.82) is 0 Å². The van der Waals surface area contributed by atoms with Crippen LogP contribution in [0.5, 0.6) is 11.8 Å². The summed E-state index contributed by atoms with van der Waals surface area (Å²) in [4.78, 5) is 19.0. The summed E-state index contributed by atoms with van der Waals surface area (Å²) in [5.74, 6) is 1.76. The number of benzene rings is 2. The Kier molecular flexibility index (Phi) is 7.02. The van der Waals surface area contributed by atoms with Crippen LogP contribution in [0.1, 0.15) is 30.4 Å². The van der Waals surface area contributed by atoms with E-state index in [0.717, 1.165) is 54.6 Å². The Labute approximate surface area is 204 Å². The Hall–Kier alpha value is -4.14. The van der Waals surface area contributed by atoms with Crippen LogP contribution in [0.3, 0.4) is 0 Å². The maximum Gasteiger partial charge on any atom is 0.323 e. The van der Waals surface area contributed by atoms with Crippen LogP contribution in [0.25, 0.3) is 10.9 Å².